The summed E-state index contributed by atoms with van der Waals surface area (Å²) >= 11 is 0. The molecular weight excluding hydrogens is 128 g/mol. The molecular formula is C6H4N4. The van der Waals surface area contributed by atoms with Crippen molar-refractivity contribution in [2.75, 3.05) is 0 Å². The highest BCUT2D eigenvalue weighted by atomic mass is 15.1. The number of nitrogens with zero attached hydrogens (tertiary/aromatic N) is 4. The summed E-state index contributed by atoms with van der Waals surface area (Å²) in [6, 6.07) is 0. The summed E-state index contributed by atoms with van der Waals surface area (Å²) in [5.74, 6) is 0.637. The molecule has 0 bridgehead atoms. The molecule has 2 heterocycles. The van der Waals surface area contributed by atoms with Crippen LogP contribution in [0, 0.1) is 0 Å². The van der Waals surface area contributed by atoms with Crippen molar-refractivity contribution in [2.45, 2.75) is 0 Å². The molecule has 4 heteroatoms. The Hall–Kier alpha value is -1.58. The molecule has 10 heavy (non-hydrogen) atoms. The molecule has 0 spiro atoms. The van der Waals surface area contributed by atoms with E-state index >= 15 is 0 Å². The topological polar surface area (TPSA) is 51.6 Å². The fourth-order valence-electron chi connectivity index (χ4n) is 0.718. The molecule has 0 fully saturated rings. The first-order valence-electron chi connectivity index (χ1n) is 2.84. The van der Waals surface area contributed by atoms with Gasteiger partial charge < -0.3 is 0 Å². The first kappa shape index (κ1) is 5.22. The van der Waals surface area contributed by atoms with Gasteiger partial charge >= 0.3 is 0 Å². The van der Waals surface area contributed by atoms with E-state index in [-0.39, 0.29) is 0 Å². The molecule has 4 nitrogen and oxygen atoms in total. The zero-order valence-corrected chi connectivity index (χ0v) is 5.10. The van der Waals surface area contributed by atoms with E-state index in [2.05, 4.69) is 20.2 Å². The van der Waals surface area contributed by atoms with Crippen LogP contribution in [0.2, 0.25) is 0 Å². The Kier molecular flexibility index (Phi) is 1.04. The number of hydrogen-bond donors (Lipinski definition) is 0. The van der Waals surface area contributed by atoms with Gasteiger partial charge in [0.25, 0.3) is 0 Å². The van der Waals surface area contributed by atoms with E-state index in [1.54, 1.807) is 24.8 Å². The van der Waals surface area contributed by atoms with Gasteiger partial charge in [-0.1, -0.05) is 0 Å². The number of rotatable bonds is 0. The lowest BCUT2D eigenvalue weighted by molar-refractivity contribution is 1.07. The molecule has 0 amide bonds. The average molecular weight is 132 g/mol. The predicted octanol–water partition coefficient (Wildman–Crippen LogP) is 0.371. The van der Waals surface area contributed by atoms with Crippen molar-refractivity contribution in [3.05, 3.63) is 24.8 Å². The Balaban J connectivity index is 2.74. The molecule has 48 valence electrons. The lowest BCUT2D eigenvalue weighted by atomic mass is 10.4. The van der Waals surface area contributed by atoms with Gasteiger partial charge in [0, 0.05) is 18.6 Å². The summed E-state index contributed by atoms with van der Waals surface area (Å²) in [6.07, 6.45) is 6.52. The van der Waals surface area contributed by atoms with Crippen LogP contribution in [-0.4, -0.2) is 20.2 Å². The zero-order chi connectivity index (χ0) is 6.81. The second kappa shape index (κ2) is 1.98. The zero-order valence-electron chi connectivity index (χ0n) is 5.10. The highest BCUT2D eigenvalue weighted by Gasteiger charge is 2.01. The van der Waals surface area contributed by atoms with Crippen molar-refractivity contribution in [1.82, 2.24) is 20.2 Å². The molecule has 0 radical (unpaired) electrons. The van der Waals surface area contributed by atoms with Crippen molar-refractivity contribution in [2.24, 2.45) is 0 Å². The second-order valence-corrected chi connectivity index (χ2v) is 1.83. The minimum Gasteiger partial charge on any atom is -0.262 e. The summed E-state index contributed by atoms with van der Waals surface area (Å²) in [5, 5.41) is 7.43. The van der Waals surface area contributed by atoms with Crippen LogP contribution in [0.25, 0.3) is 11.4 Å². The maximum Gasteiger partial charge on any atom is 0.184 e. The normalized spacial score (nSPS) is 10.0. The molecule has 0 aromatic carbocycles. The monoisotopic (exact) mass is 132 g/mol. The van der Waals surface area contributed by atoms with E-state index in [4.69, 9.17) is 0 Å². The molecule has 2 aliphatic heterocycles. The van der Waals surface area contributed by atoms with E-state index < -0.39 is 0 Å². The molecule has 0 aromatic rings. The predicted molar refractivity (Wildman–Crippen MR) is 34.2 cm³/mol. The molecule has 0 N–H and O–H groups in total. The van der Waals surface area contributed by atoms with Crippen LogP contribution in [0.1, 0.15) is 0 Å². The first-order chi connectivity index (χ1) is 4.97. The second-order valence-electron chi connectivity index (χ2n) is 1.83. The van der Waals surface area contributed by atoms with E-state index in [1.165, 1.54) is 0 Å². The lowest BCUT2D eigenvalue weighted by Crippen LogP contribution is -1.74. The molecule has 0 atom stereocenters. The van der Waals surface area contributed by atoms with Crippen molar-refractivity contribution in [3.63, 3.8) is 0 Å². The van der Waals surface area contributed by atoms with Crippen LogP contribution in [0.15, 0.2) is 24.8 Å². The average Bonchev–Trinajstić information content (AvgIpc) is 2.28. The Morgan fingerprint density at radius 1 is 1.10 bits per heavy atom. The van der Waals surface area contributed by atoms with Crippen LogP contribution in [0.4, 0.5) is 0 Å². The molecule has 0 aromatic heterocycles. The number of aromatic nitrogens is 4. The smallest absolute Gasteiger partial charge is 0.184 e. The summed E-state index contributed by atoms with van der Waals surface area (Å²) in [4.78, 5) is 7.87. The third-order valence-electron chi connectivity index (χ3n) is 1.17. The molecule has 2 rings (SSSR count). The van der Waals surface area contributed by atoms with Crippen LogP contribution in [-0.2, 0) is 0 Å². The third-order valence-corrected chi connectivity index (χ3v) is 1.17. The first-order valence-corrected chi connectivity index (χ1v) is 2.84. The van der Waals surface area contributed by atoms with Crippen molar-refractivity contribution in [1.29, 1.82) is 0 Å². The summed E-state index contributed by atoms with van der Waals surface area (Å²) < 4.78 is 0. The van der Waals surface area contributed by atoms with Gasteiger partial charge in [0.1, 0.15) is 0 Å². The van der Waals surface area contributed by atoms with E-state index in [1.807, 2.05) is 0 Å². The molecule has 0 aliphatic carbocycles. The van der Waals surface area contributed by atoms with Gasteiger partial charge in [-0.15, -0.1) is 5.10 Å². The summed E-state index contributed by atoms with van der Waals surface area (Å²) in [6.45, 7) is 0. The third kappa shape index (κ3) is 0.699. The van der Waals surface area contributed by atoms with Gasteiger partial charge in [0.15, 0.2) is 5.82 Å². The minimum absolute atomic E-state index is 0.637. The molecule has 0 saturated heterocycles. The van der Waals surface area contributed by atoms with E-state index in [9.17, 15) is 0 Å². The summed E-state index contributed by atoms with van der Waals surface area (Å²) in [7, 11) is 0. The van der Waals surface area contributed by atoms with E-state index in [0.717, 1.165) is 5.56 Å². The van der Waals surface area contributed by atoms with Crippen LogP contribution >= 0.6 is 0 Å². The van der Waals surface area contributed by atoms with E-state index in [0.29, 0.717) is 5.82 Å². The van der Waals surface area contributed by atoms with Gasteiger partial charge in [-0.25, -0.2) is 4.98 Å². The fourth-order valence-corrected chi connectivity index (χ4v) is 0.718. The van der Waals surface area contributed by atoms with Crippen LogP contribution in [0.5, 0.6) is 0 Å². The fraction of sp³-hybridized carbons (Fsp3) is 0. The lowest BCUT2D eigenvalue weighted by Gasteiger charge is -1.78. The number of hydrogen-bond acceptors (Lipinski definition) is 4. The Labute approximate surface area is 57.3 Å². The van der Waals surface area contributed by atoms with Gasteiger partial charge in [-0.2, -0.15) is 5.10 Å². The number of fused-ring (bicyclic) bond motifs is 1. The van der Waals surface area contributed by atoms with Crippen LogP contribution in [0.3, 0.4) is 0 Å². The highest BCUT2D eigenvalue weighted by Crippen LogP contribution is 2.09. The van der Waals surface area contributed by atoms with Crippen LogP contribution < -0.4 is 0 Å². The van der Waals surface area contributed by atoms with Gasteiger partial charge in [0.05, 0.1) is 11.8 Å². The maximum atomic E-state index is 3.97. The standard InChI is InChI=1S/C6H4N4/c1-2-8-6-5(3-7-1)4-9-10-6/h1-4H. The molecule has 0 unspecified atom stereocenters. The molecule has 2 aliphatic rings. The highest BCUT2D eigenvalue weighted by molar-refractivity contribution is 5.51. The Morgan fingerprint density at radius 2 is 2.10 bits per heavy atom. The van der Waals surface area contributed by atoms with Crippen molar-refractivity contribution in [3.8, 4) is 11.4 Å². The minimum atomic E-state index is 0.637. The largest absolute Gasteiger partial charge is 0.262 e. The Morgan fingerprint density at radius 3 is 3.10 bits per heavy atom. The summed E-state index contributed by atoms with van der Waals surface area (Å²) in [5.41, 5.74) is 0.866. The SMILES string of the molecule is c1cnc2nncc-2cn1. The van der Waals surface area contributed by atoms with Gasteiger partial charge in [0.2, 0.25) is 0 Å². The van der Waals surface area contributed by atoms with Gasteiger partial charge in [-0.05, 0) is 0 Å². The molecule has 0 saturated carbocycles. The van der Waals surface area contributed by atoms with Crippen molar-refractivity contribution < 1.29 is 0 Å². The van der Waals surface area contributed by atoms with Gasteiger partial charge in [-0.3, -0.25) is 4.98 Å². The Bertz CT molecular complexity index is 281. The van der Waals surface area contributed by atoms with Crippen molar-refractivity contribution >= 4 is 0 Å². The quantitative estimate of drug-likeness (QED) is 0.519. The maximum absolute atomic E-state index is 3.97.